The molecule has 2 rings (SSSR count). The number of para-hydroxylation sites is 1. The number of nitrogens with one attached hydrogen (secondary N) is 1. The van der Waals surface area contributed by atoms with Gasteiger partial charge in [0.05, 0.1) is 18.0 Å². The van der Waals surface area contributed by atoms with Crippen LogP contribution in [0.2, 0.25) is 0 Å². The summed E-state index contributed by atoms with van der Waals surface area (Å²) in [6.07, 6.45) is 4.03. The van der Waals surface area contributed by atoms with Crippen molar-refractivity contribution < 1.29 is 4.74 Å². The van der Waals surface area contributed by atoms with Crippen LogP contribution in [0, 0.1) is 0 Å². The molecular formula is C14H22N2OS. The third kappa shape index (κ3) is 3.48. The average Bonchev–Trinajstić information content (AvgIpc) is 2.41. The normalized spacial score (nSPS) is 19.5. The van der Waals surface area contributed by atoms with E-state index >= 15 is 0 Å². The van der Waals surface area contributed by atoms with Crippen molar-refractivity contribution in [3.8, 4) is 5.75 Å². The lowest BCUT2D eigenvalue weighted by atomic mass is 10.2. The van der Waals surface area contributed by atoms with Crippen molar-refractivity contribution in [2.75, 3.05) is 30.0 Å². The van der Waals surface area contributed by atoms with Gasteiger partial charge >= 0.3 is 0 Å². The first-order valence-corrected chi connectivity index (χ1v) is 7.73. The van der Waals surface area contributed by atoms with Gasteiger partial charge in [-0.25, -0.2) is 0 Å². The highest BCUT2D eigenvalue weighted by Crippen LogP contribution is 2.31. The highest BCUT2D eigenvalue weighted by molar-refractivity contribution is 7.99. The Labute approximate surface area is 113 Å². The minimum absolute atomic E-state index is 0.645. The molecule has 1 fully saturated rings. The summed E-state index contributed by atoms with van der Waals surface area (Å²) >= 11 is 2.07. The Hall–Kier alpha value is -1.03. The Bertz CT molecular complexity index is 378. The predicted octanol–water partition coefficient (Wildman–Crippen LogP) is 3.37. The molecule has 1 heterocycles. The van der Waals surface area contributed by atoms with E-state index < -0.39 is 0 Å². The summed E-state index contributed by atoms with van der Waals surface area (Å²) in [5.74, 6) is 2.07. The molecule has 0 spiro atoms. The van der Waals surface area contributed by atoms with Crippen LogP contribution in [0.4, 0.5) is 11.4 Å². The van der Waals surface area contributed by atoms with E-state index in [1.165, 1.54) is 25.0 Å². The molecule has 0 amide bonds. The Morgan fingerprint density at radius 1 is 1.44 bits per heavy atom. The maximum Gasteiger partial charge on any atom is 0.144 e. The van der Waals surface area contributed by atoms with Crippen molar-refractivity contribution in [1.82, 2.24) is 0 Å². The molecule has 100 valence electrons. The molecule has 1 saturated heterocycles. The number of thioether (sulfide) groups is 1. The zero-order chi connectivity index (χ0) is 12.8. The molecule has 1 aliphatic rings. The van der Waals surface area contributed by atoms with Gasteiger partial charge in [-0.3, -0.25) is 0 Å². The van der Waals surface area contributed by atoms with Crippen LogP contribution in [0.3, 0.4) is 0 Å². The standard InChI is InChI=1S/C14H22N2OS/c1-2-17-13-8-5-7-12(14(13)15)16-10-11-6-3-4-9-18-11/h5,7-8,11,16H,2-4,6,9-10,15H2,1H3. The van der Waals surface area contributed by atoms with E-state index in [9.17, 15) is 0 Å². The first-order chi connectivity index (χ1) is 8.81. The second-order valence-electron chi connectivity index (χ2n) is 4.52. The maximum absolute atomic E-state index is 6.09. The molecule has 0 radical (unpaired) electrons. The quantitative estimate of drug-likeness (QED) is 0.802. The summed E-state index contributed by atoms with van der Waals surface area (Å²) in [6.45, 7) is 3.61. The average molecular weight is 266 g/mol. The van der Waals surface area contributed by atoms with Gasteiger partial charge in [-0.05, 0) is 37.7 Å². The molecule has 18 heavy (non-hydrogen) atoms. The summed E-state index contributed by atoms with van der Waals surface area (Å²) in [5, 5.41) is 4.17. The van der Waals surface area contributed by atoms with Crippen LogP contribution >= 0.6 is 11.8 Å². The number of hydrogen-bond donors (Lipinski definition) is 2. The van der Waals surface area contributed by atoms with E-state index in [4.69, 9.17) is 10.5 Å². The summed E-state index contributed by atoms with van der Waals surface area (Å²) in [4.78, 5) is 0. The van der Waals surface area contributed by atoms with E-state index in [0.717, 1.165) is 23.7 Å². The van der Waals surface area contributed by atoms with Crippen molar-refractivity contribution in [2.45, 2.75) is 31.4 Å². The fraction of sp³-hybridized carbons (Fsp3) is 0.571. The highest BCUT2D eigenvalue weighted by Gasteiger charge is 2.14. The molecule has 0 saturated carbocycles. The first-order valence-electron chi connectivity index (χ1n) is 6.68. The third-order valence-corrected chi connectivity index (χ3v) is 4.56. The summed E-state index contributed by atoms with van der Waals surface area (Å²) < 4.78 is 5.50. The van der Waals surface area contributed by atoms with Crippen molar-refractivity contribution in [3.63, 3.8) is 0 Å². The number of anilines is 2. The number of nitrogens with two attached hydrogens (primary N) is 1. The largest absolute Gasteiger partial charge is 0.492 e. The van der Waals surface area contributed by atoms with E-state index in [0.29, 0.717) is 11.9 Å². The Morgan fingerprint density at radius 3 is 3.06 bits per heavy atom. The number of hydrogen-bond acceptors (Lipinski definition) is 4. The molecule has 3 N–H and O–H groups in total. The molecule has 1 aromatic carbocycles. The van der Waals surface area contributed by atoms with Crippen LogP contribution < -0.4 is 15.8 Å². The van der Waals surface area contributed by atoms with Crippen molar-refractivity contribution >= 4 is 23.1 Å². The zero-order valence-corrected chi connectivity index (χ0v) is 11.8. The summed E-state index contributed by atoms with van der Waals surface area (Å²) in [6, 6.07) is 5.92. The molecule has 1 unspecified atom stereocenters. The van der Waals surface area contributed by atoms with Gasteiger partial charge in [-0.1, -0.05) is 12.5 Å². The minimum atomic E-state index is 0.645. The molecule has 0 aromatic heterocycles. The van der Waals surface area contributed by atoms with Crippen molar-refractivity contribution in [3.05, 3.63) is 18.2 Å². The Kier molecular flexibility index (Phi) is 5.05. The van der Waals surface area contributed by atoms with Gasteiger partial charge in [-0.2, -0.15) is 11.8 Å². The van der Waals surface area contributed by atoms with Gasteiger partial charge in [0.15, 0.2) is 0 Å². The smallest absolute Gasteiger partial charge is 0.144 e. The number of rotatable bonds is 5. The molecule has 4 heteroatoms. The second-order valence-corrected chi connectivity index (χ2v) is 5.93. The van der Waals surface area contributed by atoms with Crippen LogP contribution in [-0.2, 0) is 0 Å². The first kappa shape index (κ1) is 13.4. The summed E-state index contributed by atoms with van der Waals surface area (Å²) in [7, 11) is 0. The van der Waals surface area contributed by atoms with Crippen LogP contribution in [0.1, 0.15) is 26.2 Å². The van der Waals surface area contributed by atoms with Crippen molar-refractivity contribution in [1.29, 1.82) is 0 Å². The fourth-order valence-corrected chi connectivity index (χ4v) is 3.41. The predicted molar refractivity (Wildman–Crippen MR) is 80.6 cm³/mol. The number of ether oxygens (including phenoxy) is 1. The van der Waals surface area contributed by atoms with Gasteiger partial charge in [0, 0.05) is 11.8 Å². The van der Waals surface area contributed by atoms with E-state index in [1.54, 1.807) is 0 Å². The third-order valence-electron chi connectivity index (χ3n) is 3.16. The van der Waals surface area contributed by atoms with E-state index in [2.05, 4.69) is 17.1 Å². The molecular weight excluding hydrogens is 244 g/mol. The van der Waals surface area contributed by atoms with Gasteiger partial charge in [0.1, 0.15) is 5.75 Å². The van der Waals surface area contributed by atoms with Gasteiger partial charge in [0.25, 0.3) is 0 Å². The van der Waals surface area contributed by atoms with Gasteiger partial charge in [-0.15, -0.1) is 0 Å². The minimum Gasteiger partial charge on any atom is -0.492 e. The Morgan fingerprint density at radius 2 is 2.33 bits per heavy atom. The molecule has 1 atom stereocenters. The lowest BCUT2D eigenvalue weighted by Gasteiger charge is -2.22. The monoisotopic (exact) mass is 266 g/mol. The van der Waals surface area contributed by atoms with Gasteiger partial charge < -0.3 is 15.8 Å². The molecule has 3 nitrogen and oxygen atoms in total. The Balaban J connectivity index is 1.93. The lowest BCUT2D eigenvalue weighted by Crippen LogP contribution is -2.20. The number of nitrogen functional groups attached to an aromatic ring is 1. The zero-order valence-electron chi connectivity index (χ0n) is 10.9. The van der Waals surface area contributed by atoms with Crippen molar-refractivity contribution in [2.24, 2.45) is 0 Å². The fourth-order valence-electron chi connectivity index (χ4n) is 2.17. The summed E-state index contributed by atoms with van der Waals surface area (Å²) in [5.41, 5.74) is 7.81. The van der Waals surface area contributed by atoms with E-state index in [-0.39, 0.29) is 0 Å². The van der Waals surface area contributed by atoms with Crippen LogP contribution in [0.25, 0.3) is 0 Å². The van der Waals surface area contributed by atoms with Crippen LogP contribution in [0.5, 0.6) is 5.75 Å². The molecule has 0 bridgehead atoms. The number of benzene rings is 1. The molecule has 1 aliphatic heterocycles. The van der Waals surface area contributed by atoms with Crippen LogP contribution in [0.15, 0.2) is 18.2 Å². The lowest BCUT2D eigenvalue weighted by molar-refractivity contribution is 0.342. The second kappa shape index (κ2) is 6.78. The maximum atomic E-state index is 6.09. The van der Waals surface area contributed by atoms with Crippen LogP contribution in [-0.4, -0.2) is 24.2 Å². The highest BCUT2D eigenvalue weighted by atomic mass is 32.2. The topological polar surface area (TPSA) is 47.3 Å². The van der Waals surface area contributed by atoms with E-state index in [1.807, 2.05) is 25.1 Å². The van der Waals surface area contributed by atoms with Gasteiger partial charge in [0.2, 0.25) is 0 Å². The SMILES string of the molecule is CCOc1cccc(NCC2CCCCS2)c1N. The molecule has 0 aliphatic carbocycles. The molecule has 1 aromatic rings.